The monoisotopic (exact) mass is 253 g/mol. The Morgan fingerprint density at radius 1 is 1.17 bits per heavy atom. The first-order valence-electron chi connectivity index (χ1n) is 7.41. The number of nitrogens with zero attached hydrogens (tertiary/aromatic N) is 1. The van der Waals surface area contributed by atoms with E-state index in [4.69, 9.17) is 5.11 Å². The van der Waals surface area contributed by atoms with Gasteiger partial charge in [0, 0.05) is 6.54 Å². The van der Waals surface area contributed by atoms with E-state index in [-0.39, 0.29) is 5.92 Å². The van der Waals surface area contributed by atoms with E-state index in [1.54, 1.807) is 0 Å². The highest BCUT2D eigenvalue weighted by Gasteiger charge is 2.30. The number of hydrogen-bond acceptors (Lipinski definition) is 2. The SMILES string of the molecule is CC1(C)CCC(CN2CCC(C(=O)O)CC2)CC1. The van der Waals surface area contributed by atoms with Crippen molar-refractivity contribution in [2.24, 2.45) is 17.3 Å². The molecule has 18 heavy (non-hydrogen) atoms. The van der Waals surface area contributed by atoms with Crippen LogP contribution in [0.4, 0.5) is 0 Å². The summed E-state index contributed by atoms with van der Waals surface area (Å²) in [5.41, 5.74) is 0.548. The van der Waals surface area contributed by atoms with Gasteiger partial charge in [-0.1, -0.05) is 13.8 Å². The number of rotatable bonds is 3. The second kappa shape index (κ2) is 5.60. The molecule has 0 amide bonds. The first kappa shape index (κ1) is 13.9. The number of piperidine rings is 1. The minimum Gasteiger partial charge on any atom is -0.481 e. The maximum atomic E-state index is 10.9. The summed E-state index contributed by atoms with van der Waals surface area (Å²) in [4.78, 5) is 13.4. The lowest BCUT2D eigenvalue weighted by molar-refractivity contribution is -0.143. The molecule has 0 aromatic heterocycles. The molecule has 0 unspecified atom stereocenters. The fourth-order valence-corrected chi connectivity index (χ4v) is 3.37. The zero-order valence-electron chi connectivity index (χ0n) is 11.8. The van der Waals surface area contributed by atoms with Gasteiger partial charge >= 0.3 is 5.97 Å². The van der Waals surface area contributed by atoms with Gasteiger partial charge in [-0.05, 0) is 62.9 Å². The van der Waals surface area contributed by atoms with Crippen molar-refractivity contribution in [3.8, 4) is 0 Å². The quantitative estimate of drug-likeness (QED) is 0.840. The topological polar surface area (TPSA) is 40.5 Å². The average molecular weight is 253 g/mol. The molecule has 104 valence electrons. The Hall–Kier alpha value is -0.570. The van der Waals surface area contributed by atoms with E-state index in [9.17, 15) is 4.79 Å². The third-order valence-corrected chi connectivity index (χ3v) is 4.91. The molecule has 1 saturated carbocycles. The lowest BCUT2D eigenvalue weighted by atomic mass is 9.73. The van der Waals surface area contributed by atoms with Gasteiger partial charge in [-0.25, -0.2) is 0 Å². The maximum Gasteiger partial charge on any atom is 0.306 e. The van der Waals surface area contributed by atoms with E-state index in [0.717, 1.165) is 31.8 Å². The smallest absolute Gasteiger partial charge is 0.306 e. The van der Waals surface area contributed by atoms with Gasteiger partial charge < -0.3 is 10.0 Å². The normalized spacial score (nSPS) is 27.2. The number of carboxylic acids is 1. The highest BCUT2D eigenvalue weighted by Crippen LogP contribution is 2.38. The van der Waals surface area contributed by atoms with Crippen molar-refractivity contribution < 1.29 is 9.90 Å². The molecule has 2 rings (SSSR count). The second-order valence-corrected chi connectivity index (χ2v) is 7.02. The van der Waals surface area contributed by atoms with Gasteiger partial charge in [0.2, 0.25) is 0 Å². The molecule has 0 bridgehead atoms. The number of carboxylic acid groups (broad SMARTS) is 1. The van der Waals surface area contributed by atoms with Crippen LogP contribution in [0.2, 0.25) is 0 Å². The Bertz CT molecular complexity index is 283. The van der Waals surface area contributed by atoms with E-state index in [1.807, 2.05) is 0 Å². The Labute approximate surface area is 111 Å². The summed E-state index contributed by atoms with van der Waals surface area (Å²) in [5.74, 6) is 0.153. The van der Waals surface area contributed by atoms with Gasteiger partial charge in [0.05, 0.1) is 5.92 Å². The first-order valence-corrected chi connectivity index (χ1v) is 7.41. The molecule has 1 aliphatic heterocycles. The van der Waals surface area contributed by atoms with Crippen LogP contribution in [0.3, 0.4) is 0 Å². The maximum absolute atomic E-state index is 10.9. The van der Waals surface area contributed by atoms with Crippen molar-refractivity contribution in [2.75, 3.05) is 19.6 Å². The molecule has 0 atom stereocenters. The van der Waals surface area contributed by atoms with E-state index >= 15 is 0 Å². The Morgan fingerprint density at radius 3 is 2.22 bits per heavy atom. The molecule has 0 aromatic carbocycles. The lowest BCUT2D eigenvalue weighted by Crippen LogP contribution is -2.40. The summed E-state index contributed by atoms with van der Waals surface area (Å²) in [5, 5.41) is 8.99. The molecule has 1 N–H and O–H groups in total. The van der Waals surface area contributed by atoms with Crippen molar-refractivity contribution in [2.45, 2.75) is 52.4 Å². The molecular weight excluding hydrogens is 226 g/mol. The minimum absolute atomic E-state index is 0.0912. The van der Waals surface area contributed by atoms with E-state index in [0.29, 0.717) is 5.41 Å². The van der Waals surface area contributed by atoms with Crippen LogP contribution in [0.1, 0.15) is 52.4 Å². The largest absolute Gasteiger partial charge is 0.481 e. The van der Waals surface area contributed by atoms with E-state index < -0.39 is 5.97 Å². The molecular formula is C15H27NO2. The van der Waals surface area contributed by atoms with Gasteiger partial charge in [0.15, 0.2) is 0 Å². The molecule has 1 heterocycles. The summed E-state index contributed by atoms with van der Waals surface area (Å²) in [6.45, 7) is 7.92. The fourth-order valence-electron chi connectivity index (χ4n) is 3.37. The predicted molar refractivity (Wildman–Crippen MR) is 72.5 cm³/mol. The number of likely N-dealkylation sites (tertiary alicyclic amines) is 1. The summed E-state index contributed by atoms with van der Waals surface area (Å²) < 4.78 is 0. The number of aliphatic carboxylic acids is 1. The predicted octanol–water partition coefficient (Wildman–Crippen LogP) is 3.00. The van der Waals surface area contributed by atoms with Crippen LogP contribution >= 0.6 is 0 Å². The molecule has 0 spiro atoms. The third-order valence-electron chi connectivity index (χ3n) is 4.91. The van der Waals surface area contributed by atoms with Crippen LogP contribution in [0.25, 0.3) is 0 Å². The lowest BCUT2D eigenvalue weighted by Gasteiger charge is -2.38. The van der Waals surface area contributed by atoms with Crippen molar-refractivity contribution in [3.05, 3.63) is 0 Å². The van der Waals surface area contributed by atoms with Crippen molar-refractivity contribution >= 4 is 5.97 Å². The van der Waals surface area contributed by atoms with Crippen molar-refractivity contribution in [1.82, 2.24) is 4.90 Å². The number of carbonyl (C=O) groups is 1. The minimum atomic E-state index is -0.603. The van der Waals surface area contributed by atoms with Crippen LogP contribution < -0.4 is 0 Å². The average Bonchev–Trinajstić information content (AvgIpc) is 2.33. The summed E-state index contributed by atoms with van der Waals surface area (Å²) in [6, 6.07) is 0. The molecule has 2 fully saturated rings. The van der Waals surface area contributed by atoms with Crippen LogP contribution in [0.15, 0.2) is 0 Å². The zero-order valence-corrected chi connectivity index (χ0v) is 11.8. The highest BCUT2D eigenvalue weighted by molar-refractivity contribution is 5.70. The van der Waals surface area contributed by atoms with E-state index in [1.165, 1.54) is 32.2 Å². The molecule has 1 saturated heterocycles. The molecule has 3 nitrogen and oxygen atoms in total. The highest BCUT2D eigenvalue weighted by atomic mass is 16.4. The molecule has 0 aromatic rings. The molecule has 3 heteroatoms. The molecule has 0 radical (unpaired) electrons. The first-order chi connectivity index (χ1) is 8.46. The number of hydrogen-bond donors (Lipinski definition) is 1. The molecule has 1 aliphatic carbocycles. The van der Waals surface area contributed by atoms with Gasteiger partial charge in [-0.2, -0.15) is 0 Å². The van der Waals surface area contributed by atoms with Gasteiger partial charge in [-0.3, -0.25) is 4.79 Å². The zero-order chi connectivity index (χ0) is 13.2. The Kier molecular flexibility index (Phi) is 4.31. The molecule has 2 aliphatic rings. The summed E-state index contributed by atoms with van der Waals surface area (Å²) in [7, 11) is 0. The second-order valence-electron chi connectivity index (χ2n) is 7.02. The van der Waals surface area contributed by atoms with Crippen LogP contribution in [-0.2, 0) is 4.79 Å². The van der Waals surface area contributed by atoms with Gasteiger partial charge in [0.25, 0.3) is 0 Å². The summed E-state index contributed by atoms with van der Waals surface area (Å²) >= 11 is 0. The van der Waals surface area contributed by atoms with Crippen LogP contribution in [0.5, 0.6) is 0 Å². The van der Waals surface area contributed by atoms with E-state index in [2.05, 4.69) is 18.7 Å². The van der Waals surface area contributed by atoms with Crippen LogP contribution in [-0.4, -0.2) is 35.6 Å². The Balaban J connectivity index is 1.71. The summed E-state index contributed by atoms with van der Waals surface area (Å²) in [6.07, 6.45) is 7.09. The van der Waals surface area contributed by atoms with Crippen molar-refractivity contribution in [3.63, 3.8) is 0 Å². The third kappa shape index (κ3) is 3.71. The Morgan fingerprint density at radius 2 is 1.72 bits per heavy atom. The van der Waals surface area contributed by atoms with Crippen LogP contribution in [0, 0.1) is 17.3 Å². The standard InChI is InChI=1S/C15H27NO2/c1-15(2)7-3-12(4-8-15)11-16-9-5-13(6-10-16)14(17)18/h12-13H,3-11H2,1-2H3,(H,17,18). The fraction of sp³-hybridized carbons (Fsp3) is 0.933. The van der Waals surface area contributed by atoms with Gasteiger partial charge in [0.1, 0.15) is 0 Å². The van der Waals surface area contributed by atoms with Crippen molar-refractivity contribution in [1.29, 1.82) is 0 Å². The van der Waals surface area contributed by atoms with Gasteiger partial charge in [-0.15, -0.1) is 0 Å².